The molecule has 0 atom stereocenters. The van der Waals surface area contributed by atoms with Crippen LogP contribution >= 0.6 is 0 Å². The number of fused-ring (bicyclic) bond motifs is 1. The van der Waals surface area contributed by atoms with Gasteiger partial charge in [0.15, 0.2) is 6.61 Å². The molecule has 29 heavy (non-hydrogen) atoms. The summed E-state index contributed by atoms with van der Waals surface area (Å²) in [5.74, 6) is -0.131. The van der Waals surface area contributed by atoms with Gasteiger partial charge < -0.3 is 10.1 Å². The Morgan fingerprint density at radius 3 is 2.72 bits per heavy atom. The van der Waals surface area contributed by atoms with Crippen molar-refractivity contribution in [2.45, 2.75) is 25.4 Å². The molecule has 1 N–H and O–H groups in total. The van der Waals surface area contributed by atoms with Crippen LogP contribution in [0.1, 0.15) is 23.1 Å². The molecule has 0 unspecified atom stereocenters. The van der Waals surface area contributed by atoms with Gasteiger partial charge in [0.25, 0.3) is 5.91 Å². The van der Waals surface area contributed by atoms with Gasteiger partial charge in [-0.1, -0.05) is 6.07 Å². The standard InChI is InChI=1S/C21H18F3N3O2/c22-21(23,24)18-12-16(27-10-2-9-25-27)6-8-19(18)26-20(28)13-29-17-7-5-14-3-1-4-15(14)11-17/h2,5-12H,1,3-4,13H2,(H,26,28). The van der Waals surface area contributed by atoms with Gasteiger partial charge in [0.05, 0.1) is 16.9 Å². The monoisotopic (exact) mass is 401 g/mol. The summed E-state index contributed by atoms with van der Waals surface area (Å²) in [6.07, 6.45) is 1.47. The van der Waals surface area contributed by atoms with Crippen molar-refractivity contribution in [1.29, 1.82) is 0 Å². The SMILES string of the molecule is O=C(COc1ccc2c(c1)CCC2)Nc1ccc(-n2cccn2)cc1C(F)(F)F. The van der Waals surface area contributed by atoms with Crippen LogP contribution in [-0.4, -0.2) is 22.3 Å². The van der Waals surface area contributed by atoms with Crippen molar-refractivity contribution in [2.75, 3.05) is 11.9 Å². The molecule has 0 radical (unpaired) electrons. The quantitative estimate of drug-likeness (QED) is 0.690. The molecule has 1 amide bonds. The second-order valence-corrected chi connectivity index (χ2v) is 6.80. The van der Waals surface area contributed by atoms with Crippen LogP contribution in [-0.2, 0) is 23.8 Å². The highest BCUT2D eigenvalue weighted by atomic mass is 19.4. The number of aryl methyl sites for hydroxylation is 2. The van der Waals surface area contributed by atoms with E-state index in [1.54, 1.807) is 12.1 Å². The van der Waals surface area contributed by atoms with Gasteiger partial charge in [-0.2, -0.15) is 18.3 Å². The molecule has 1 heterocycles. The summed E-state index contributed by atoms with van der Waals surface area (Å²) in [6, 6.07) is 10.9. The van der Waals surface area contributed by atoms with E-state index in [9.17, 15) is 18.0 Å². The first kappa shape index (κ1) is 19.0. The number of halogens is 3. The number of amides is 1. The highest BCUT2D eigenvalue weighted by Gasteiger charge is 2.34. The number of hydrogen-bond donors (Lipinski definition) is 1. The third-order valence-corrected chi connectivity index (χ3v) is 4.79. The number of anilines is 1. The molecular formula is C21H18F3N3O2. The number of hydrogen-bond acceptors (Lipinski definition) is 3. The third kappa shape index (κ3) is 4.26. The smallest absolute Gasteiger partial charge is 0.418 e. The minimum absolute atomic E-state index is 0.245. The van der Waals surface area contributed by atoms with Crippen molar-refractivity contribution in [3.05, 3.63) is 71.5 Å². The number of carbonyl (C=O) groups is 1. The van der Waals surface area contributed by atoms with Crippen molar-refractivity contribution in [2.24, 2.45) is 0 Å². The van der Waals surface area contributed by atoms with E-state index >= 15 is 0 Å². The predicted molar refractivity (Wildman–Crippen MR) is 101 cm³/mol. The lowest BCUT2D eigenvalue weighted by molar-refractivity contribution is -0.137. The fourth-order valence-corrected chi connectivity index (χ4v) is 3.41. The van der Waals surface area contributed by atoms with Gasteiger partial charge in [-0.25, -0.2) is 4.68 Å². The number of carbonyl (C=O) groups excluding carboxylic acids is 1. The van der Waals surface area contributed by atoms with Crippen molar-refractivity contribution in [1.82, 2.24) is 9.78 Å². The average Bonchev–Trinajstić information content (AvgIpc) is 3.37. The van der Waals surface area contributed by atoms with Gasteiger partial charge in [0.1, 0.15) is 5.75 Å². The molecule has 150 valence electrons. The molecule has 0 bridgehead atoms. The first-order chi connectivity index (χ1) is 13.9. The van der Waals surface area contributed by atoms with Gasteiger partial charge in [-0.05, 0) is 66.8 Å². The maximum absolute atomic E-state index is 13.5. The van der Waals surface area contributed by atoms with Crippen molar-refractivity contribution >= 4 is 11.6 Å². The summed E-state index contributed by atoms with van der Waals surface area (Å²) < 4.78 is 47.2. The summed E-state index contributed by atoms with van der Waals surface area (Å²) in [4.78, 5) is 12.2. The van der Waals surface area contributed by atoms with Gasteiger partial charge in [0.2, 0.25) is 0 Å². The van der Waals surface area contributed by atoms with E-state index in [0.717, 1.165) is 25.3 Å². The van der Waals surface area contributed by atoms with Crippen LogP contribution in [0.5, 0.6) is 5.75 Å². The van der Waals surface area contributed by atoms with E-state index in [1.807, 2.05) is 12.1 Å². The maximum atomic E-state index is 13.5. The van der Waals surface area contributed by atoms with Crippen LogP contribution in [0, 0.1) is 0 Å². The largest absolute Gasteiger partial charge is 0.484 e. The summed E-state index contributed by atoms with van der Waals surface area (Å²) in [5, 5.41) is 6.23. The Balaban J connectivity index is 1.47. The van der Waals surface area contributed by atoms with Crippen molar-refractivity contribution in [3.63, 3.8) is 0 Å². The van der Waals surface area contributed by atoms with Gasteiger partial charge in [-0.3, -0.25) is 4.79 Å². The van der Waals surface area contributed by atoms with Crippen LogP contribution in [0.15, 0.2) is 54.9 Å². The Bertz CT molecular complexity index is 1030. The Kier molecular flexibility index (Phi) is 5.00. The molecule has 0 saturated carbocycles. The highest BCUT2D eigenvalue weighted by Crippen LogP contribution is 2.36. The second-order valence-electron chi connectivity index (χ2n) is 6.80. The summed E-state index contributed by atoms with van der Waals surface area (Å²) in [6.45, 7) is -0.378. The molecule has 8 heteroatoms. The molecule has 3 aromatic rings. The number of ether oxygens (including phenoxy) is 1. The molecule has 1 aromatic heterocycles. The van der Waals surface area contributed by atoms with Crippen LogP contribution in [0.4, 0.5) is 18.9 Å². The zero-order chi connectivity index (χ0) is 20.4. The summed E-state index contributed by atoms with van der Waals surface area (Å²) in [7, 11) is 0. The molecular weight excluding hydrogens is 383 g/mol. The van der Waals surface area contributed by atoms with Gasteiger partial charge in [-0.15, -0.1) is 0 Å². The molecule has 5 nitrogen and oxygen atoms in total. The van der Waals surface area contributed by atoms with Crippen LogP contribution < -0.4 is 10.1 Å². The highest BCUT2D eigenvalue weighted by molar-refractivity contribution is 5.93. The Labute approximate surface area is 165 Å². The number of nitrogens with zero attached hydrogens (tertiary/aromatic N) is 2. The van der Waals surface area contributed by atoms with E-state index in [2.05, 4.69) is 10.4 Å². The molecule has 0 aliphatic heterocycles. The van der Waals surface area contributed by atoms with E-state index < -0.39 is 17.6 Å². The third-order valence-electron chi connectivity index (χ3n) is 4.79. The molecule has 4 rings (SSSR count). The normalized spacial score (nSPS) is 13.2. The fourth-order valence-electron chi connectivity index (χ4n) is 3.41. The molecule has 0 spiro atoms. The molecule has 0 saturated heterocycles. The van der Waals surface area contributed by atoms with Crippen LogP contribution in [0.25, 0.3) is 5.69 Å². The number of nitrogens with one attached hydrogen (secondary N) is 1. The molecule has 1 aliphatic carbocycles. The van der Waals surface area contributed by atoms with Crippen LogP contribution in [0.2, 0.25) is 0 Å². The first-order valence-corrected chi connectivity index (χ1v) is 9.16. The number of alkyl halides is 3. The minimum Gasteiger partial charge on any atom is -0.484 e. The number of rotatable bonds is 5. The summed E-state index contributed by atoms with van der Waals surface area (Å²) in [5.41, 5.74) is 1.44. The Morgan fingerprint density at radius 1 is 1.14 bits per heavy atom. The number of benzene rings is 2. The van der Waals surface area contributed by atoms with Crippen LogP contribution in [0.3, 0.4) is 0 Å². The lowest BCUT2D eigenvalue weighted by Gasteiger charge is -2.16. The molecule has 2 aromatic carbocycles. The summed E-state index contributed by atoms with van der Waals surface area (Å²) >= 11 is 0. The first-order valence-electron chi connectivity index (χ1n) is 9.16. The lowest BCUT2D eigenvalue weighted by Crippen LogP contribution is -2.22. The molecule has 1 aliphatic rings. The second kappa shape index (κ2) is 7.62. The minimum atomic E-state index is -4.63. The Morgan fingerprint density at radius 2 is 1.97 bits per heavy atom. The topological polar surface area (TPSA) is 56.1 Å². The van der Waals surface area contributed by atoms with Gasteiger partial charge in [0, 0.05) is 12.4 Å². The lowest BCUT2D eigenvalue weighted by atomic mass is 10.1. The maximum Gasteiger partial charge on any atom is 0.418 e. The predicted octanol–water partition coefficient (Wildman–Crippen LogP) is 4.40. The average molecular weight is 401 g/mol. The zero-order valence-electron chi connectivity index (χ0n) is 15.4. The van der Waals surface area contributed by atoms with E-state index in [-0.39, 0.29) is 18.0 Å². The van der Waals surface area contributed by atoms with Crippen molar-refractivity contribution in [3.8, 4) is 11.4 Å². The van der Waals surface area contributed by atoms with E-state index in [1.165, 1.54) is 40.3 Å². The molecule has 0 fully saturated rings. The zero-order valence-corrected chi connectivity index (χ0v) is 15.4. The van der Waals surface area contributed by atoms with Crippen molar-refractivity contribution < 1.29 is 22.7 Å². The van der Waals surface area contributed by atoms with Gasteiger partial charge >= 0.3 is 6.18 Å². The Hall–Kier alpha value is -3.29. The van der Waals surface area contributed by atoms with E-state index in [0.29, 0.717) is 5.75 Å². The fraction of sp³-hybridized carbons (Fsp3) is 0.238. The number of aromatic nitrogens is 2. The van der Waals surface area contributed by atoms with E-state index in [4.69, 9.17) is 4.74 Å².